The van der Waals surface area contributed by atoms with Crippen LogP contribution in [0, 0.1) is 5.82 Å². The molecule has 0 fully saturated rings. The molecule has 172 valence electrons. The van der Waals surface area contributed by atoms with Crippen LogP contribution in [0.2, 0.25) is 0 Å². The molecule has 1 amide bonds. The number of likely N-dealkylation sites (N-methyl/N-ethyl adjacent to an activating group) is 1. The molecule has 32 heavy (non-hydrogen) atoms. The van der Waals surface area contributed by atoms with Crippen LogP contribution in [0.1, 0.15) is 18.2 Å². The number of benzene rings is 1. The second-order valence-corrected chi connectivity index (χ2v) is 7.26. The molecule has 0 radical (unpaired) electrons. The largest absolute Gasteiger partial charge is 0.361 e. The number of aromatic amines is 1. The van der Waals surface area contributed by atoms with Crippen molar-refractivity contribution in [3.05, 3.63) is 65.9 Å². The Morgan fingerprint density at radius 3 is 2.81 bits per heavy atom. The predicted octanol–water partition coefficient (Wildman–Crippen LogP) is 3.12. The van der Waals surface area contributed by atoms with Crippen LogP contribution in [-0.4, -0.2) is 60.0 Å². The summed E-state index contributed by atoms with van der Waals surface area (Å²) in [5.41, 5.74) is 2.85. The van der Waals surface area contributed by atoms with Crippen LogP contribution in [0.25, 0.3) is 10.9 Å². The van der Waals surface area contributed by atoms with Gasteiger partial charge in [-0.15, -0.1) is 24.0 Å². The van der Waals surface area contributed by atoms with E-state index < -0.39 is 0 Å². The summed E-state index contributed by atoms with van der Waals surface area (Å²) >= 11 is 0. The average Bonchev–Trinajstić information content (AvgIpc) is 3.18. The molecule has 0 aliphatic rings. The fraction of sp³-hybridized carbons (Fsp3) is 0.348. The fourth-order valence-electron chi connectivity index (χ4n) is 3.24. The highest BCUT2D eigenvalue weighted by molar-refractivity contribution is 14.0. The summed E-state index contributed by atoms with van der Waals surface area (Å²) in [6.45, 7) is 3.98. The topological polar surface area (TPSA) is 85.4 Å². The fourth-order valence-corrected chi connectivity index (χ4v) is 3.24. The lowest BCUT2D eigenvalue weighted by molar-refractivity contribution is -0.128. The third-order valence-corrected chi connectivity index (χ3v) is 4.99. The minimum absolute atomic E-state index is 0. The lowest BCUT2D eigenvalue weighted by Gasteiger charge is -2.16. The first-order valence-electron chi connectivity index (χ1n) is 10.5. The zero-order valence-corrected chi connectivity index (χ0v) is 20.7. The number of guanidine groups is 1. The van der Waals surface area contributed by atoms with E-state index in [0.29, 0.717) is 32.0 Å². The summed E-state index contributed by atoms with van der Waals surface area (Å²) in [7, 11) is 1.78. The molecule has 0 unspecified atom stereocenters. The van der Waals surface area contributed by atoms with Crippen molar-refractivity contribution in [1.82, 2.24) is 25.5 Å². The van der Waals surface area contributed by atoms with Crippen LogP contribution in [-0.2, 0) is 17.6 Å². The van der Waals surface area contributed by atoms with Crippen molar-refractivity contribution in [1.29, 1.82) is 0 Å². The van der Waals surface area contributed by atoms with Crippen molar-refractivity contribution in [2.45, 2.75) is 19.8 Å². The van der Waals surface area contributed by atoms with Gasteiger partial charge >= 0.3 is 0 Å². The lowest BCUT2D eigenvalue weighted by atomic mass is 10.1. The van der Waals surface area contributed by atoms with Gasteiger partial charge in [-0.25, -0.2) is 9.38 Å². The summed E-state index contributed by atoms with van der Waals surface area (Å²) in [5, 5.41) is 7.43. The number of aliphatic imine (C=N–C) groups is 1. The van der Waals surface area contributed by atoms with E-state index in [9.17, 15) is 9.18 Å². The van der Waals surface area contributed by atoms with Crippen molar-refractivity contribution in [3.8, 4) is 0 Å². The Balaban J connectivity index is 0.00000363. The number of pyridine rings is 1. The molecular weight excluding hydrogens is 522 g/mol. The second-order valence-electron chi connectivity index (χ2n) is 7.26. The molecule has 0 atom stereocenters. The maximum absolute atomic E-state index is 13.3. The molecule has 0 saturated carbocycles. The Hall–Kier alpha value is -2.69. The normalized spacial score (nSPS) is 11.2. The van der Waals surface area contributed by atoms with Crippen molar-refractivity contribution in [3.63, 3.8) is 0 Å². The highest BCUT2D eigenvalue weighted by Gasteiger charge is 2.10. The molecule has 0 saturated heterocycles. The van der Waals surface area contributed by atoms with Gasteiger partial charge in [0.25, 0.3) is 0 Å². The highest BCUT2D eigenvalue weighted by atomic mass is 127. The molecule has 1 aromatic carbocycles. The lowest BCUT2D eigenvalue weighted by Crippen LogP contribution is -2.39. The van der Waals surface area contributed by atoms with Crippen LogP contribution in [0.5, 0.6) is 0 Å². The molecule has 0 aliphatic carbocycles. The van der Waals surface area contributed by atoms with E-state index in [1.807, 2.05) is 31.3 Å². The number of hydrogen-bond donors (Lipinski definition) is 3. The number of aromatic nitrogens is 2. The molecule has 9 heteroatoms. The number of rotatable bonds is 9. The Morgan fingerprint density at radius 1 is 1.22 bits per heavy atom. The third-order valence-electron chi connectivity index (χ3n) is 4.99. The van der Waals surface area contributed by atoms with Gasteiger partial charge in [-0.3, -0.25) is 9.78 Å². The van der Waals surface area contributed by atoms with Gasteiger partial charge < -0.3 is 20.5 Å². The van der Waals surface area contributed by atoms with Crippen LogP contribution >= 0.6 is 24.0 Å². The van der Waals surface area contributed by atoms with E-state index in [-0.39, 0.29) is 42.2 Å². The Morgan fingerprint density at radius 2 is 2.06 bits per heavy atom. The van der Waals surface area contributed by atoms with Gasteiger partial charge in [0.1, 0.15) is 12.4 Å². The molecular formula is C23H30FIN6O. The summed E-state index contributed by atoms with van der Waals surface area (Å²) in [6.07, 6.45) is 5.11. The number of fused-ring (bicyclic) bond motifs is 1. The molecule has 0 bridgehead atoms. The Kier molecular flexibility index (Phi) is 10.4. The molecule has 0 aliphatic heterocycles. The maximum atomic E-state index is 13.3. The predicted molar refractivity (Wildman–Crippen MR) is 137 cm³/mol. The number of carbonyl (C=O) groups is 1. The average molecular weight is 552 g/mol. The van der Waals surface area contributed by atoms with E-state index >= 15 is 0 Å². The van der Waals surface area contributed by atoms with E-state index in [4.69, 9.17) is 0 Å². The molecule has 3 aromatic rings. The van der Waals surface area contributed by atoms with Gasteiger partial charge in [0.2, 0.25) is 5.91 Å². The Labute approximate surface area is 204 Å². The van der Waals surface area contributed by atoms with E-state index in [0.717, 1.165) is 28.6 Å². The van der Waals surface area contributed by atoms with Crippen LogP contribution < -0.4 is 10.6 Å². The molecule has 7 nitrogen and oxygen atoms in total. The van der Waals surface area contributed by atoms with Crippen molar-refractivity contribution >= 4 is 46.7 Å². The standard InChI is InChI=1S/C23H29FN6O.HI/c1-3-25-23(27-12-9-17-15-28-21-14-18(24)7-8-20(17)21)29-16-22(31)30(2)13-10-19-6-4-5-11-26-19;/h4-8,11,14-15,28H,3,9-10,12-13,16H2,1-2H3,(H2,25,27,29);1H. The zero-order chi connectivity index (χ0) is 22.1. The highest BCUT2D eigenvalue weighted by Crippen LogP contribution is 2.19. The number of hydrogen-bond acceptors (Lipinski definition) is 3. The number of nitrogens with zero attached hydrogens (tertiary/aromatic N) is 3. The summed E-state index contributed by atoms with van der Waals surface area (Å²) < 4.78 is 13.3. The summed E-state index contributed by atoms with van der Waals surface area (Å²) in [6, 6.07) is 10.5. The van der Waals surface area contributed by atoms with E-state index in [2.05, 4.69) is 25.6 Å². The number of halogens is 2. The first-order valence-corrected chi connectivity index (χ1v) is 10.5. The van der Waals surface area contributed by atoms with Crippen LogP contribution in [0.4, 0.5) is 4.39 Å². The van der Waals surface area contributed by atoms with Gasteiger partial charge in [0.05, 0.1) is 0 Å². The first kappa shape index (κ1) is 25.6. The monoisotopic (exact) mass is 552 g/mol. The number of carbonyl (C=O) groups excluding carboxylic acids is 1. The van der Waals surface area contributed by atoms with Crippen molar-refractivity contribution < 1.29 is 9.18 Å². The first-order chi connectivity index (χ1) is 15.1. The third kappa shape index (κ3) is 7.47. The molecule has 3 rings (SSSR count). The molecule has 2 heterocycles. The zero-order valence-electron chi connectivity index (χ0n) is 18.4. The minimum atomic E-state index is -0.254. The summed E-state index contributed by atoms with van der Waals surface area (Å²) in [5.74, 6) is 0.293. The maximum Gasteiger partial charge on any atom is 0.244 e. The van der Waals surface area contributed by atoms with Gasteiger partial charge in [0, 0.05) is 62.1 Å². The molecule has 2 aromatic heterocycles. The SMILES string of the molecule is CCNC(=NCC(=O)N(C)CCc1ccccn1)NCCc1c[nH]c2cc(F)ccc12.I. The quantitative estimate of drug-likeness (QED) is 0.217. The number of nitrogens with one attached hydrogen (secondary N) is 3. The second kappa shape index (κ2) is 13.0. The molecule has 3 N–H and O–H groups in total. The molecule has 0 spiro atoms. The van der Waals surface area contributed by atoms with Gasteiger partial charge in [-0.05, 0) is 49.2 Å². The van der Waals surface area contributed by atoms with Gasteiger partial charge in [0.15, 0.2) is 5.96 Å². The van der Waals surface area contributed by atoms with Crippen LogP contribution in [0.3, 0.4) is 0 Å². The van der Waals surface area contributed by atoms with E-state index in [1.54, 1.807) is 24.2 Å². The Bertz CT molecular complexity index is 1020. The van der Waals surface area contributed by atoms with Gasteiger partial charge in [-0.1, -0.05) is 6.07 Å². The van der Waals surface area contributed by atoms with Crippen molar-refractivity contribution in [2.24, 2.45) is 4.99 Å². The number of amides is 1. The number of H-pyrrole nitrogens is 1. The minimum Gasteiger partial charge on any atom is -0.361 e. The smallest absolute Gasteiger partial charge is 0.244 e. The van der Waals surface area contributed by atoms with E-state index in [1.165, 1.54) is 12.1 Å². The summed E-state index contributed by atoms with van der Waals surface area (Å²) in [4.78, 5) is 25.9. The van der Waals surface area contributed by atoms with Crippen molar-refractivity contribution in [2.75, 3.05) is 33.2 Å². The van der Waals surface area contributed by atoms with Gasteiger partial charge in [-0.2, -0.15) is 0 Å². The van der Waals surface area contributed by atoms with Crippen LogP contribution in [0.15, 0.2) is 53.8 Å².